The molecule has 1 saturated carbocycles. The number of amides is 1. The minimum absolute atomic E-state index is 0.210. The Labute approximate surface area is 201 Å². The molecule has 0 bridgehead atoms. The van der Waals surface area contributed by atoms with Crippen LogP contribution < -0.4 is 15.5 Å². The second-order valence-electron chi connectivity index (χ2n) is 9.35. The first-order chi connectivity index (χ1) is 16.6. The third-order valence-corrected chi connectivity index (χ3v) is 7.75. The van der Waals surface area contributed by atoms with Crippen LogP contribution in [0.25, 0.3) is 0 Å². The molecule has 34 heavy (non-hydrogen) atoms. The lowest BCUT2D eigenvalue weighted by Gasteiger charge is -2.24. The highest BCUT2D eigenvalue weighted by Gasteiger charge is 2.38. The highest BCUT2D eigenvalue weighted by atomic mass is 32.1. The molecule has 3 aromatic rings. The van der Waals surface area contributed by atoms with Gasteiger partial charge in [-0.3, -0.25) is 9.89 Å². The lowest BCUT2D eigenvalue weighted by molar-refractivity contribution is -0.117. The zero-order valence-corrected chi connectivity index (χ0v) is 19.6. The summed E-state index contributed by atoms with van der Waals surface area (Å²) in [6, 6.07) is 1.52. The van der Waals surface area contributed by atoms with Gasteiger partial charge in [0.05, 0.1) is 11.8 Å². The van der Waals surface area contributed by atoms with E-state index in [4.69, 9.17) is 9.97 Å². The van der Waals surface area contributed by atoms with Crippen molar-refractivity contribution in [1.82, 2.24) is 25.1 Å². The Kier molecular flexibility index (Phi) is 5.66. The smallest absolute Gasteiger partial charge is 0.249 e. The van der Waals surface area contributed by atoms with Crippen LogP contribution in [-0.2, 0) is 17.6 Å². The van der Waals surface area contributed by atoms with Crippen LogP contribution in [-0.4, -0.2) is 54.9 Å². The number of aliphatic hydroxyl groups is 1. The van der Waals surface area contributed by atoms with E-state index in [-0.39, 0.29) is 5.91 Å². The average Bonchev–Trinajstić information content (AvgIpc) is 3.64. The highest BCUT2D eigenvalue weighted by molar-refractivity contribution is 7.13. The molecular weight excluding hydrogens is 452 g/mol. The van der Waals surface area contributed by atoms with Gasteiger partial charge in [0.1, 0.15) is 11.9 Å². The fourth-order valence-corrected chi connectivity index (χ4v) is 5.91. The number of aryl methyl sites for hydroxylation is 1. The van der Waals surface area contributed by atoms with Gasteiger partial charge in [-0.25, -0.2) is 9.97 Å². The van der Waals surface area contributed by atoms with E-state index >= 15 is 0 Å². The number of H-pyrrole nitrogens is 1. The number of hydrogen-bond acceptors (Lipinski definition) is 9. The molecule has 2 aliphatic carbocycles. The van der Waals surface area contributed by atoms with Crippen molar-refractivity contribution in [3.8, 4) is 0 Å². The molecule has 1 aliphatic heterocycles. The van der Waals surface area contributed by atoms with Gasteiger partial charge in [0, 0.05) is 47.8 Å². The third-order valence-electron chi connectivity index (χ3n) is 7.06. The standard InChI is InChI=1S/C23H28N8O2S/c32-14-10-18(21(33)28-23-24-8-9-34-23)31(12-14)22-25-16-7-3-6-15(16)20(27-22)26-19-11-17(29-30-19)13-4-1-2-5-13/h8-9,11,13-14,18,32H,1-7,10,12H2,(H,24,28,33)(H2,25,26,27,29,30)/t14-,18+/m1/s1. The minimum atomic E-state index is -0.624. The summed E-state index contributed by atoms with van der Waals surface area (Å²) in [6.07, 6.45) is 9.11. The molecule has 0 aromatic carbocycles. The Morgan fingerprint density at radius 1 is 1.21 bits per heavy atom. The minimum Gasteiger partial charge on any atom is -0.391 e. The number of thiazole rings is 1. The number of hydrogen-bond donors (Lipinski definition) is 4. The summed E-state index contributed by atoms with van der Waals surface area (Å²) >= 11 is 1.36. The van der Waals surface area contributed by atoms with Crippen LogP contribution >= 0.6 is 11.3 Å². The third kappa shape index (κ3) is 4.14. The van der Waals surface area contributed by atoms with Crippen LogP contribution in [0.2, 0.25) is 0 Å². The average molecular weight is 481 g/mol. The molecule has 0 spiro atoms. The summed E-state index contributed by atoms with van der Waals surface area (Å²) in [6.45, 7) is 0.308. The van der Waals surface area contributed by atoms with Crippen LogP contribution in [0.1, 0.15) is 61.4 Å². The Bertz CT molecular complexity index is 1170. The van der Waals surface area contributed by atoms with E-state index in [1.807, 2.05) is 10.3 Å². The second-order valence-corrected chi connectivity index (χ2v) is 10.2. The molecule has 6 rings (SSSR count). The number of nitrogens with zero attached hydrogens (tertiary/aromatic N) is 5. The normalized spacial score (nSPS) is 22.3. The van der Waals surface area contributed by atoms with E-state index in [2.05, 4.69) is 31.9 Å². The van der Waals surface area contributed by atoms with Gasteiger partial charge in [-0.1, -0.05) is 12.8 Å². The van der Waals surface area contributed by atoms with E-state index < -0.39 is 12.1 Å². The number of aromatic amines is 1. The molecule has 178 valence electrons. The van der Waals surface area contributed by atoms with E-state index in [1.54, 1.807) is 6.20 Å². The maximum Gasteiger partial charge on any atom is 0.249 e. The zero-order chi connectivity index (χ0) is 23.1. The van der Waals surface area contributed by atoms with Crippen molar-refractivity contribution in [3.05, 3.63) is 34.6 Å². The second kappa shape index (κ2) is 8.95. The monoisotopic (exact) mass is 480 g/mol. The number of carbonyl (C=O) groups is 1. The molecule has 0 unspecified atom stereocenters. The summed E-state index contributed by atoms with van der Waals surface area (Å²) < 4.78 is 0. The number of carbonyl (C=O) groups excluding carboxylic acids is 1. The maximum absolute atomic E-state index is 13.0. The molecule has 2 fully saturated rings. The number of β-amino-alcohol motifs (C(OH)–C–C–N with tert-alkyl or cyclic N) is 1. The Morgan fingerprint density at radius 2 is 2.09 bits per heavy atom. The van der Waals surface area contributed by atoms with Crippen molar-refractivity contribution < 1.29 is 9.90 Å². The first-order valence-corrected chi connectivity index (χ1v) is 12.9. The number of rotatable bonds is 6. The van der Waals surface area contributed by atoms with E-state index in [9.17, 15) is 9.90 Å². The van der Waals surface area contributed by atoms with Crippen LogP contribution in [0.3, 0.4) is 0 Å². The number of nitrogens with one attached hydrogen (secondary N) is 3. The van der Waals surface area contributed by atoms with Gasteiger partial charge in [-0.15, -0.1) is 11.3 Å². The first-order valence-electron chi connectivity index (χ1n) is 12.0. The topological polar surface area (TPSA) is 132 Å². The molecule has 1 saturated heterocycles. The van der Waals surface area contributed by atoms with E-state index in [0.29, 0.717) is 30.0 Å². The Morgan fingerprint density at radius 3 is 2.91 bits per heavy atom. The first kappa shape index (κ1) is 21.5. The van der Waals surface area contributed by atoms with Gasteiger partial charge in [-0.2, -0.15) is 10.1 Å². The van der Waals surface area contributed by atoms with Crippen molar-refractivity contribution in [2.75, 3.05) is 22.1 Å². The van der Waals surface area contributed by atoms with Crippen molar-refractivity contribution in [1.29, 1.82) is 0 Å². The number of anilines is 4. The molecule has 4 heterocycles. The molecule has 2 atom stereocenters. The zero-order valence-electron chi connectivity index (χ0n) is 18.8. The van der Waals surface area contributed by atoms with Crippen LogP contribution in [0.15, 0.2) is 17.6 Å². The van der Waals surface area contributed by atoms with Gasteiger partial charge >= 0.3 is 0 Å². The molecular formula is C23H28N8O2S. The van der Waals surface area contributed by atoms with E-state index in [1.165, 1.54) is 42.7 Å². The fraction of sp³-hybridized carbons (Fsp3) is 0.522. The summed E-state index contributed by atoms with van der Waals surface area (Å²) in [5.74, 6) is 2.30. The fourth-order valence-electron chi connectivity index (χ4n) is 5.38. The molecule has 1 amide bonds. The summed E-state index contributed by atoms with van der Waals surface area (Å²) in [5.41, 5.74) is 3.28. The Balaban J connectivity index is 1.27. The summed E-state index contributed by atoms with van der Waals surface area (Å²) in [5, 5.41) is 26.7. The maximum atomic E-state index is 13.0. The molecule has 10 nitrogen and oxygen atoms in total. The van der Waals surface area contributed by atoms with Crippen molar-refractivity contribution in [2.45, 2.75) is 69.4 Å². The molecule has 11 heteroatoms. The highest BCUT2D eigenvalue weighted by Crippen LogP contribution is 2.36. The SMILES string of the molecule is O=C(Nc1nccs1)[C@@H]1C[C@@H](O)CN1c1nc2c(c(Nc3cc(C4CCCC4)[nH]n3)n1)CCC2. The van der Waals surface area contributed by atoms with Crippen molar-refractivity contribution in [2.24, 2.45) is 0 Å². The number of aliphatic hydroxyl groups excluding tert-OH is 1. The van der Waals surface area contributed by atoms with Gasteiger partial charge < -0.3 is 20.6 Å². The van der Waals surface area contributed by atoms with E-state index in [0.717, 1.165) is 42.2 Å². The van der Waals surface area contributed by atoms with Gasteiger partial charge in [0.25, 0.3) is 0 Å². The van der Waals surface area contributed by atoms with Crippen LogP contribution in [0.5, 0.6) is 0 Å². The van der Waals surface area contributed by atoms with Gasteiger partial charge in [-0.05, 0) is 32.1 Å². The summed E-state index contributed by atoms with van der Waals surface area (Å²) in [4.78, 5) is 28.6. The van der Waals surface area contributed by atoms with Gasteiger partial charge in [0.2, 0.25) is 11.9 Å². The number of fused-ring (bicyclic) bond motifs is 1. The summed E-state index contributed by atoms with van der Waals surface area (Å²) in [7, 11) is 0. The lowest BCUT2D eigenvalue weighted by Crippen LogP contribution is -2.40. The van der Waals surface area contributed by atoms with Crippen molar-refractivity contribution >= 4 is 40.0 Å². The van der Waals surface area contributed by atoms with Crippen molar-refractivity contribution in [3.63, 3.8) is 0 Å². The lowest BCUT2D eigenvalue weighted by atomic mass is 10.0. The predicted octanol–water partition coefficient (Wildman–Crippen LogP) is 3.12. The number of aromatic nitrogens is 5. The molecule has 4 N–H and O–H groups in total. The Hall–Kier alpha value is -3.05. The molecule has 3 aliphatic rings. The predicted molar refractivity (Wildman–Crippen MR) is 130 cm³/mol. The van der Waals surface area contributed by atoms with Crippen LogP contribution in [0, 0.1) is 0 Å². The van der Waals surface area contributed by atoms with Gasteiger partial charge in [0.15, 0.2) is 10.9 Å². The largest absolute Gasteiger partial charge is 0.391 e. The molecule has 0 radical (unpaired) electrons. The molecule has 3 aromatic heterocycles. The van der Waals surface area contributed by atoms with Crippen LogP contribution in [0.4, 0.5) is 22.7 Å². The quantitative estimate of drug-likeness (QED) is 0.423.